The molecule has 0 radical (unpaired) electrons. The van der Waals surface area contributed by atoms with Gasteiger partial charge in [0.05, 0.1) is 22.4 Å². The third-order valence-corrected chi connectivity index (χ3v) is 8.16. The lowest BCUT2D eigenvalue weighted by Gasteiger charge is -2.25. The lowest BCUT2D eigenvalue weighted by atomic mass is 9.87. The quantitative estimate of drug-likeness (QED) is 0.489. The summed E-state index contributed by atoms with van der Waals surface area (Å²) in [5.74, 6) is 0.735. The number of benzene rings is 1. The molecule has 6 nitrogen and oxygen atoms in total. The summed E-state index contributed by atoms with van der Waals surface area (Å²) in [7, 11) is 0. The van der Waals surface area contributed by atoms with Crippen LogP contribution in [-0.2, 0) is 15.0 Å². The Balaban J connectivity index is 2.03. The van der Waals surface area contributed by atoms with Gasteiger partial charge < -0.3 is 5.32 Å². The average molecular weight is 511 g/mol. The predicted molar refractivity (Wildman–Crippen MR) is 146 cm³/mol. The van der Waals surface area contributed by atoms with Crippen molar-refractivity contribution in [3.05, 3.63) is 63.0 Å². The molecule has 2 amide bonds. The van der Waals surface area contributed by atoms with Crippen LogP contribution in [0, 0.1) is 13.8 Å². The van der Waals surface area contributed by atoms with E-state index in [1.807, 2.05) is 30.7 Å². The third-order valence-electron chi connectivity index (χ3n) is 6.20. The van der Waals surface area contributed by atoms with Crippen molar-refractivity contribution in [1.82, 2.24) is 15.1 Å². The maximum atomic E-state index is 13.6. The van der Waals surface area contributed by atoms with Gasteiger partial charge in [0.15, 0.2) is 0 Å². The molecule has 1 aliphatic rings. The first-order chi connectivity index (χ1) is 16.5. The molecule has 1 N–H and O–H groups in total. The summed E-state index contributed by atoms with van der Waals surface area (Å²) in [6, 6.07) is 8.25. The van der Waals surface area contributed by atoms with E-state index in [0.29, 0.717) is 11.6 Å². The molecule has 8 heteroatoms. The van der Waals surface area contributed by atoms with E-state index in [1.54, 1.807) is 28.0 Å². The van der Waals surface area contributed by atoms with E-state index in [2.05, 4.69) is 62.8 Å². The SMILES string of the molecule is Cc1cccc(-n2nc(C(C)(C)C)c3c2N(CC(=O)NC(C)C)C(=O)CS[C@@H]3c2ccsc2)c1C. The van der Waals surface area contributed by atoms with Crippen LogP contribution < -0.4 is 10.2 Å². The molecule has 1 aliphatic heterocycles. The highest BCUT2D eigenvalue weighted by atomic mass is 32.2. The molecule has 0 spiro atoms. The number of carbonyl (C=O) groups excluding carboxylic acids is 2. The molecule has 35 heavy (non-hydrogen) atoms. The standard InChI is InChI=1S/C27H34N4O2S2/c1-16(2)28-21(32)13-30-22(33)15-35-24(19-11-12-34-14-19)23-25(27(5,6)7)29-31(26(23)30)20-10-8-9-17(3)18(20)4/h8-12,14,16,24H,13,15H2,1-7H3,(H,28,32)/t24-/m1/s1. The van der Waals surface area contributed by atoms with Gasteiger partial charge in [-0.25, -0.2) is 4.68 Å². The van der Waals surface area contributed by atoms with Gasteiger partial charge in [0.25, 0.3) is 0 Å². The zero-order valence-electron chi connectivity index (χ0n) is 21.5. The topological polar surface area (TPSA) is 67.2 Å². The minimum atomic E-state index is -0.263. The van der Waals surface area contributed by atoms with Gasteiger partial charge in [-0.2, -0.15) is 16.4 Å². The fraction of sp³-hybridized carbons (Fsp3) is 0.444. The summed E-state index contributed by atoms with van der Waals surface area (Å²) in [6.45, 7) is 14.4. The summed E-state index contributed by atoms with van der Waals surface area (Å²) in [5.41, 5.74) is 6.04. The number of rotatable bonds is 5. The Hall–Kier alpha value is -2.58. The second-order valence-corrected chi connectivity index (χ2v) is 12.3. The van der Waals surface area contributed by atoms with Gasteiger partial charge in [-0.15, -0.1) is 11.8 Å². The number of hydrogen-bond acceptors (Lipinski definition) is 5. The van der Waals surface area contributed by atoms with E-state index in [1.165, 1.54) is 0 Å². The number of aryl methyl sites for hydroxylation is 1. The molecule has 3 heterocycles. The van der Waals surface area contributed by atoms with E-state index >= 15 is 0 Å². The van der Waals surface area contributed by atoms with Gasteiger partial charge in [0, 0.05) is 17.0 Å². The molecule has 0 unspecified atom stereocenters. The number of thiophene rings is 1. The average Bonchev–Trinajstić information content (AvgIpc) is 3.40. The van der Waals surface area contributed by atoms with Crippen LogP contribution in [0.3, 0.4) is 0 Å². The zero-order valence-corrected chi connectivity index (χ0v) is 23.1. The number of nitrogens with one attached hydrogen (secondary N) is 1. The molecule has 0 fully saturated rings. The van der Waals surface area contributed by atoms with E-state index in [4.69, 9.17) is 5.10 Å². The van der Waals surface area contributed by atoms with Crippen LogP contribution in [-0.4, -0.2) is 39.9 Å². The smallest absolute Gasteiger partial charge is 0.240 e. The van der Waals surface area contributed by atoms with Crippen LogP contribution in [0.25, 0.3) is 5.69 Å². The summed E-state index contributed by atoms with van der Waals surface area (Å²) < 4.78 is 1.91. The number of aromatic nitrogens is 2. The van der Waals surface area contributed by atoms with Crippen LogP contribution in [0.5, 0.6) is 0 Å². The number of amides is 2. The lowest BCUT2D eigenvalue weighted by molar-refractivity contribution is -0.123. The van der Waals surface area contributed by atoms with Gasteiger partial charge >= 0.3 is 0 Å². The van der Waals surface area contributed by atoms with Gasteiger partial charge in [-0.05, 0) is 67.3 Å². The van der Waals surface area contributed by atoms with Gasteiger partial charge in [-0.3, -0.25) is 14.5 Å². The molecule has 1 atom stereocenters. The van der Waals surface area contributed by atoms with Crippen LogP contribution >= 0.6 is 23.1 Å². The minimum absolute atomic E-state index is 0.00829. The Morgan fingerprint density at radius 3 is 2.60 bits per heavy atom. The number of hydrogen-bond donors (Lipinski definition) is 1. The largest absolute Gasteiger partial charge is 0.352 e. The summed E-state index contributed by atoms with van der Waals surface area (Å²) in [6.07, 6.45) is 0. The Kier molecular flexibility index (Phi) is 7.16. The fourth-order valence-electron chi connectivity index (χ4n) is 4.40. The van der Waals surface area contributed by atoms with Crippen molar-refractivity contribution in [3.8, 4) is 5.69 Å². The van der Waals surface area contributed by atoms with Gasteiger partial charge in [0.1, 0.15) is 12.4 Å². The van der Waals surface area contributed by atoms with Crippen LogP contribution in [0.1, 0.15) is 67.8 Å². The van der Waals surface area contributed by atoms with Crippen LogP contribution in [0.4, 0.5) is 5.82 Å². The van der Waals surface area contributed by atoms with E-state index < -0.39 is 0 Å². The molecule has 186 valence electrons. The third kappa shape index (κ3) is 5.05. The normalized spacial score (nSPS) is 16.4. The minimum Gasteiger partial charge on any atom is -0.352 e. The summed E-state index contributed by atoms with van der Waals surface area (Å²) in [4.78, 5) is 28.2. The highest BCUT2D eigenvalue weighted by molar-refractivity contribution is 8.00. The molecule has 0 saturated heterocycles. The lowest BCUT2D eigenvalue weighted by Crippen LogP contribution is -2.44. The number of carbonyl (C=O) groups is 2. The van der Waals surface area contributed by atoms with Crippen molar-refractivity contribution in [2.45, 2.75) is 65.2 Å². The van der Waals surface area contributed by atoms with Crippen molar-refractivity contribution in [2.75, 3.05) is 17.2 Å². The van der Waals surface area contributed by atoms with Crippen LogP contribution in [0.2, 0.25) is 0 Å². The highest BCUT2D eigenvalue weighted by Crippen LogP contribution is 2.49. The molecule has 4 rings (SSSR count). The number of fused-ring (bicyclic) bond motifs is 1. The highest BCUT2D eigenvalue weighted by Gasteiger charge is 2.40. The molecule has 0 aliphatic carbocycles. The molecule has 0 saturated carbocycles. The zero-order chi connectivity index (χ0) is 25.5. The van der Waals surface area contributed by atoms with Crippen molar-refractivity contribution in [1.29, 1.82) is 0 Å². The van der Waals surface area contributed by atoms with Crippen molar-refractivity contribution >= 4 is 40.7 Å². The second kappa shape index (κ2) is 9.82. The Bertz CT molecular complexity index is 1240. The number of anilines is 1. The Morgan fingerprint density at radius 2 is 1.97 bits per heavy atom. The van der Waals surface area contributed by atoms with Gasteiger partial charge in [-0.1, -0.05) is 32.9 Å². The van der Waals surface area contributed by atoms with Crippen molar-refractivity contribution in [2.24, 2.45) is 0 Å². The maximum Gasteiger partial charge on any atom is 0.240 e. The van der Waals surface area contributed by atoms with Crippen molar-refractivity contribution in [3.63, 3.8) is 0 Å². The molecule has 3 aromatic rings. The molecule has 2 aromatic heterocycles. The first-order valence-electron chi connectivity index (χ1n) is 11.9. The number of nitrogens with zero attached hydrogens (tertiary/aromatic N) is 3. The Morgan fingerprint density at radius 1 is 1.23 bits per heavy atom. The summed E-state index contributed by atoms with van der Waals surface area (Å²) >= 11 is 3.27. The Labute approximate surface area is 216 Å². The fourth-order valence-corrected chi connectivity index (χ4v) is 6.36. The van der Waals surface area contributed by atoms with Gasteiger partial charge in [0.2, 0.25) is 11.8 Å². The second-order valence-electron chi connectivity index (χ2n) is 10.4. The molecular formula is C27H34N4O2S2. The predicted octanol–water partition coefficient (Wildman–Crippen LogP) is 5.54. The molecular weight excluding hydrogens is 476 g/mol. The molecule has 1 aromatic carbocycles. The maximum absolute atomic E-state index is 13.6. The first-order valence-corrected chi connectivity index (χ1v) is 13.9. The molecule has 0 bridgehead atoms. The van der Waals surface area contributed by atoms with E-state index in [-0.39, 0.29) is 35.1 Å². The summed E-state index contributed by atoms with van der Waals surface area (Å²) in [5, 5.41) is 12.3. The van der Waals surface area contributed by atoms with E-state index in [0.717, 1.165) is 33.6 Å². The monoisotopic (exact) mass is 510 g/mol. The number of thioether (sulfide) groups is 1. The van der Waals surface area contributed by atoms with Crippen molar-refractivity contribution < 1.29 is 9.59 Å². The van der Waals surface area contributed by atoms with E-state index in [9.17, 15) is 9.59 Å². The first kappa shape index (κ1) is 25.5. The van der Waals surface area contributed by atoms with Crippen LogP contribution in [0.15, 0.2) is 35.0 Å².